The first-order valence-corrected chi connectivity index (χ1v) is 5.43. The lowest BCUT2D eigenvalue weighted by Gasteiger charge is -2.15. The van der Waals surface area contributed by atoms with Crippen LogP contribution in [0, 0.1) is 0 Å². The third-order valence-electron chi connectivity index (χ3n) is 2.22. The molecule has 0 atom stereocenters. The molecule has 0 bridgehead atoms. The Morgan fingerprint density at radius 2 is 1.62 bits per heavy atom. The molecule has 5 heteroatoms. The first-order valence-electron chi connectivity index (χ1n) is 4.63. The molecule has 1 aliphatic rings. The van der Waals surface area contributed by atoms with Gasteiger partial charge in [-0.15, -0.1) is 0 Å². The van der Waals surface area contributed by atoms with Crippen molar-refractivity contribution in [1.82, 2.24) is 0 Å². The van der Waals surface area contributed by atoms with Crippen LogP contribution >= 0.6 is 15.9 Å². The fourth-order valence-electron chi connectivity index (χ4n) is 1.44. The van der Waals surface area contributed by atoms with Crippen LogP contribution in [-0.2, 0) is 9.47 Å². The van der Waals surface area contributed by atoms with E-state index in [0.29, 0.717) is 11.5 Å². The summed E-state index contributed by atoms with van der Waals surface area (Å²) in [6.45, 7) is 0. The summed E-state index contributed by atoms with van der Waals surface area (Å²) in [5, 5.41) is 0. The van der Waals surface area contributed by atoms with E-state index in [4.69, 9.17) is 18.9 Å². The minimum Gasteiger partial charge on any atom is -0.493 e. The molecule has 0 spiro atoms. The van der Waals surface area contributed by atoms with Crippen LogP contribution < -0.4 is 9.47 Å². The van der Waals surface area contributed by atoms with E-state index in [1.54, 1.807) is 14.2 Å². The molecular formula is C11H11BrO4. The molecular weight excluding hydrogens is 276 g/mol. The maximum Gasteiger partial charge on any atom is 0.267 e. The Bertz CT molecular complexity index is 409. The number of methoxy groups -OCH3 is 2. The standard InChI is InChI=1S/C11H11BrO4/c1-13-9-5-7(11-15-3-4-16-11)8(12)6-10(9)14-2/h3-6,11H,1-2H3. The number of ether oxygens (including phenoxy) is 4. The zero-order valence-electron chi connectivity index (χ0n) is 8.90. The SMILES string of the molecule is COc1cc(Br)c(C2OC=CO2)cc1OC. The van der Waals surface area contributed by atoms with Crippen molar-refractivity contribution in [2.75, 3.05) is 14.2 Å². The molecule has 1 aromatic rings. The van der Waals surface area contributed by atoms with Crippen LogP contribution in [0.4, 0.5) is 0 Å². The lowest BCUT2D eigenvalue weighted by atomic mass is 10.2. The Balaban J connectivity index is 2.38. The smallest absolute Gasteiger partial charge is 0.267 e. The molecule has 2 rings (SSSR count). The largest absolute Gasteiger partial charge is 0.493 e. The highest BCUT2D eigenvalue weighted by Gasteiger charge is 2.21. The van der Waals surface area contributed by atoms with Crippen LogP contribution in [0.25, 0.3) is 0 Å². The van der Waals surface area contributed by atoms with Gasteiger partial charge in [-0.2, -0.15) is 0 Å². The van der Waals surface area contributed by atoms with Crippen molar-refractivity contribution in [2.24, 2.45) is 0 Å². The highest BCUT2D eigenvalue weighted by Crippen LogP contribution is 2.38. The summed E-state index contributed by atoms with van der Waals surface area (Å²) in [4.78, 5) is 0. The molecule has 0 amide bonds. The fraction of sp³-hybridized carbons (Fsp3) is 0.273. The monoisotopic (exact) mass is 286 g/mol. The van der Waals surface area contributed by atoms with Crippen LogP contribution in [0.15, 0.2) is 29.1 Å². The van der Waals surface area contributed by atoms with E-state index in [1.807, 2.05) is 12.1 Å². The molecule has 16 heavy (non-hydrogen) atoms. The number of benzene rings is 1. The summed E-state index contributed by atoms with van der Waals surface area (Å²) in [5.41, 5.74) is 0.850. The summed E-state index contributed by atoms with van der Waals surface area (Å²) < 4.78 is 21.8. The first kappa shape index (κ1) is 11.1. The molecule has 1 heterocycles. The lowest BCUT2D eigenvalue weighted by molar-refractivity contribution is -0.0253. The zero-order valence-corrected chi connectivity index (χ0v) is 10.5. The van der Waals surface area contributed by atoms with Crippen molar-refractivity contribution in [2.45, 2.75) is 6.29 Å². The Morgan fingerprint density at radius 1 is 1.06 bits per heavy atom. The maximum atomic E-state index is 5.26. The highest BCUT2D eigenvalue weighted by atomic mass is 79.9. The van der Waals surface area contributed by atoms with Gasteiger partial charge in [0.2, 0.25) is 0 Å². The van der Waals surface area contributed by atoms with Gasteiger partial charge in [0, 0.05) is 4.47 Å². The van der Waals surface area contributed by atoms with E-state index in [1.165, 1.54) is 12.5 Å². The molecule has 0 radical (unpaired) electrons. The minimum atomic E-state index is -0.436. The van der Waals surface area contributed by atoms with Gasteiger partial charge in [0.1, 0.15) is 12.5 Å². The number of rotatable bonds is 3. The first-order chi connectivity index (χ1) is 7.76. The Morgan fingerprint density at radius 3 is 2.19 bits per heavy atom. The third kappa shape index (κ3) is 1.95. The second kappa shape index (κ2) is 4.65. The summed E-state index contributed by atoms with van der Waals surface area (Å²) >= 11 is 3.44. The summed E-state index contributed by atoms with van der Waals surface area (Å²) in [6.07, 6.45) is 2.58. The van der Waals surface area contributed by atoms with E-state index in [-0.39, 0.29) is 0 Å². The number of hydrogen-bond donors (Lipinski definition) is 0. The minimum absolute atomic E-state index is 0.436. The van der Waals surface area contributed by atoms with E-state index >= 15 is 0 Å². The Kier molecular flexibility index (Phi) is 3.24. The zero-order chi connectivity index (χ0) is 11.5. The summed E-state index contributed by atoms with van der Waals surface area (Å²) in [6, 6.07) is 3.64. The molecule has 0 unspecified atom stereocenters. The van der Waals surface area contributed by atoms with E-state index < -0.39 is 6.29 Å². The maximum absolute atomic E-state index is 5.26. The van der Waals surface area contributed by atoms with E-state index in [9.17, 15) is 0 Å². The molecule has 0 saturated carbocycles. The third-order valence-corrected chi connectivity index (χ3v) is 2.90. The van der Waals surface area contributed by atoms with Gasteiger partial charge in [-0.3, -0.25) is 0 Å². The van der Waals surface area contributed by atoms with Crippen molar-refractivity contribution >= 4 is 15.9 Å². The highest BCUT2D eigenvalue weighted by molar-refractivity contribution is 9.10. The second-order valence-electron chi connectivity index (χ2n) is 3.10. The summed E-state index contributed by atoms with van der Waals surface area (Å²) in [7, 11) is 3.18. The van der Waals surface area contributed by atoms with Gasteiger partial charge >= 0.3 is 0 Å². The predicted octanol–water partition coefficient (Wildman–Crippen LogP) is 2.98. The van der Waals surface area contributed by atoms with Crippen LogP contribution in [0.5, 0.6) is 11.5 Å². The molecule has 0 fully saturated rings. The van der Waals surface area contributed by atoms with Crippen molar-refractivity contribution in [1.29, 1.82) is 0 Å². The van der Waals surface area contributed by atoms with Crippen LogP contribution in [0.3, 0.4) is 0 Å². The lowest BCUT2D eigenvalue weighted by Crippen LogP contribution is -2.01. The van der Waals surface area contributed by atoms with E-state index in [2.05, 4.69) is 15.9 Å². The van der Waals surface area contributed by atoms with Crippen LogP contribution in [0.2, 0.25) is 0 Å². The van der Waals surface area contributed by atoms with Gasteiger partial charge < -0.3 is 18.9 Å². The van der Waals surface area contributed by atoms with Gasteiger partial charge in [-0.05, 0) is 12.1 Å². The van der Waals surface area contributed by atoms with Gasteiger partial charge in [0.05, 0.1) is 19.8 Å². The van der Waals surface area contributed by atoms with Crippen LogP contribution in [-0.4, -0.2) is 14.2 Å². The molecule has 1 aromatic carbocycles. The molecule has 0 N–H and O–H groups in total. The normalized spacial score (nSPS) is 14.4. The molecule has 0 saturated heterocycles. The average Bonchev–Trinajstić information content (AvgIpc) is 2.82. The molecule has 0 aliphatic carbocycles. The quantitative estimate of drug-likeness (QED) is 0.856. The van der Waals surface area contributed by atoms with Crippen molar-refractivity contribution in [3.05, 3.63) is 34.7 Å². The van der Waals surface area contributed by atoms with Crippen molar-refractivity contribution < 1.29 is 18.9 Å². The van der Waals surface area contributed by atoms with Gasteiger partial charge in [-0.25, -0.2) is 0 Å². The van der Waals surface area contributed by atoms with Gasteiger partial charge in [0.15, 0.2) is 11.5 Å². The number of halogens is 1. The number of hydrogen-bond acceptors (Lipinski definition) is 4. The summed E-state index contributed by atoms with van der Waals surface area (Å²) in [5.74, 6) is 1.30. The Hall–Kier alpha value is -1.36. The molecule has 0 aromatic heterocycles. The predicted molar refractivity (Wildman–Crippen MR) is 61.3 cm³/mol. The van der Waals surface area contributed by atoms with Crippen LogP contribution in [0.1, 0.15) is 11.9 Å². The topological polar surface area (TPSA) is 36.9 Å². The molecule has 1 aliphatic heterocycles. The molecule has 86 valence electrons. The Labute approximate surface area is 102 Å². The van der Waals surface area contributed by atoms with Gasteiger partial charge in [-0.1, -0.05) is 15.9 Å². The van der Waals surface area contributed by atoms with E-state index in [0.717, 1.165) is 10.0 Å². The molecule has 4 nitrogen and oxygen atoms in total. The fourth-order valence-corrected chi connectivity index (χ4v) is 1.95. The average molecular weight is 287 g/mol. The van der Waals surface area contributed by atoms with Gasteiger partial charge in [0.25, 0.3) is 6.29 Å². The van der Waals surface area contributed by atoms with Crippen molar-refractivity contribution in [3.8, 4) is 11.5 Å². The second-order valence-corrected chi connectivity index (χ2v) is 3.96. The van der Waals surface area contributed by atoms with Crippen molar-refractivity contribution in [3.63, 3.8) is 0 Å².